The van der Waals surface area contributed by atoms with Crippen molar-refractivity contribution in [2.45, 2.75) is 19.4 Å². The zero-order valence-electron chi connectivity index (χ0n) is 14.1. The fourth-order valence-electron chi connectivity index (χ4n) is 3.08. The summed E-state index contributed by atoms with van der Waals surface area (Å²) in [5.74, 6) is -0.121. The lowest BCUT2D eigenvalue weighted by Gasteiger charge is -2.31. The molecular formula is C18H23FN4OS. The van der Waals surface area contributed by atoms with Gasteiger partial charge in [-0.25, -0.2) is 9.37 Å². The molecule has 0 aliphatic carbocycles. The molecule has 25 heavy (non-hydrogen) atoms. The molecule has 0 radical (unpaired) electrons. The molecule has 1 aromatic carbocycles. The van der Waals surface area contributed by atoms with Crippen molar-refractivity contribution in [2.24, 2.45) is 11.7 Å². The van der Waals surface area contributed by atoms with Gasteiger partial charge in [0.2, 0.25) is 5.91 Å². The van der Waals surface area contributed by atoms with Crippen LogP contribution in [0.5, 0.6) is 0 Å². The minimum atomic E-state index is -0.244. The summed E-state index contributed by atoms with van der Waals surface area (Å²) in [4.78, 5) is 19.1. The highest BCUT2D eigenvalue weighted by Crippen LogP contribution is 2.25. The van der Waals surface area contributed by atoms with E-state index < -0.39 is 0 Å². The Hall–Kier alpha value is -1.83. The number of nitrogens with two attached hydrogens (primary N) is 1. The van der Waals surface area contributed by atoms with Gasteiger partial charge < -0.3 is 11.1 Å². The van der Waals surface area contributed by atoms with E-state index in [1.54, 1.807) is 23.5 Å². The number of aromatic nitrogens is 1. The summed E-state index contributed by atoms with van der Waals surface area (Å²) >= 11 is 1.60. The van der Waals surface area contributed by atoms with Gasteiger partial charge in [0.05, 0.1) is 18.2 Å². The number of rotatable bonds is 6. The van der Waals surface area contributed by atoms with E-state index in [1.807, 2.05) is 5.38 Å². The van der Waals surface area contributed by atoms with Crippen LogP contribution in [-0.2, 0) is 11.3 Å². The van der Waals surface area contributed by atoms with Crippen LogP contribution in [0.3, 0.4) is 0 Å². The van der Waals surface area contributed by atoms with Crippen LogP contribution in [0.2, 0.25) is 0 Å². The SMILES string of the molecule is NCCNC(=O)C1CCCN(Cc2nc(-c3ccc(F)cc3)cs2)C1. The number of nitrogens with one attached hydrogen (secondary N) is 1. The molecule has 1 saturated heterocycles. The molecule has 5 nitrogen and oxygen atoms in total. The quantitative estimate of drug-likeness (QED) is 0.827. The second-order valence-electron chi connectivity index (χ2n) is 6.29. The van der Waals surface area contributed by atoms with Crippen LogP contribution in [0.1, 0.15) is 17.8 Å². The molecule has 0 saturated carbocycles. The van der Waals surface area contributed by atoms with Crippen LogP contribution in [0.4, 0.5) is 4.39 Å². The van der Waals surface area contributed by atoms with E-state index in [-0.39, 0.29) is 17.6 Å². The number of amides is 1. The number of benzene rings is 1. The van der Waals surface area contributed by atoms with Gasteiger partial charge in [0.1, 0.15) is 10.8 Å². The first-order valence-corrected chi connectivity index (χ1v) is 9.44. The molecule has 7 heteroatoms. The maximum atomic E-state index is 13.0. The third-order valence-corrected chi connectivity index (χ3v) is 5.20. The first-order valence-electron chi connectivity index (χ1n) is 8.56. The van der Waals surface area contributed by atoms with Crippen LogP contribution in [0.25, 0.3) is 11.3 Å². The van der Waals surface area contributed by atoms with Crippen molar-refractivity contribution < 1.29 is 9.18 Å². The van der Waals surface area contributed by atoms with Gasteiger partial charge in [-0.2, -0.15) is 0 Å². The van der Waals surface area contributed by atoms with Crippen LogP contribution < -0.4 is 11.1 Å². The summed E-state index contributed by atoms with van der Waals surface area (Å²) in [5, 5.41) is 5.90. The molecule has 0 spiro atoms. The molecule has 2 aromatic rings. The van der Waals surface area contributed by atoms with Crippen molar-refractivity contribution in [1.29, 1.82) is 0 Å². The summed E-state index contributed by atoms with van der Waals surface area (Å²) in [5.41, 5.74) is 7.23. The minimum absolute atomic E-state index is 0.0248. The van der Waals surface area contributed by atoms with Crippen molar-refractivity contribution >= 4 is 17.2 Å². The van der Waals surface area contributed by atoms with Crippen molar-refractivity contribution in [3.8, 4) is 11.3 Å². The summed E-state index contributed by atoms with van der Waals surface area (Å²) in [7, 11) is 0. The zero-order valence-corrected chi connectivity index (χ0v) is 14.9. The average Bonchev–Trinajstić information content (AvgIpc) is 3.09. The van der Waals surface area contributed by atoms with E-state index in [9.17, 15) is 9.18 Å². The lowest BCUT2D eigenvalue weighted by molar-refractivity contribution is -0.126. The van der Waals surface area contributed by atoms with Gasteiger partial charge in [-0.3, -0.25) is 9.69 Å². The Morgan fingerprint density at radius 1 is 1.40 bits per heavy atom. The highest BCUT2D eigenvalue weighted by Gasteiger charge is 2.26. The maximum Gasteiger partial charge on any atom is 0.224 e. The number of thiazole rings is 1. The molecule has 1 atom stereocenters. The van der Waals surface area contributed by atoms with Crippen LogP contribution in [0.15, 0.2) is 29.6 Å². The van der Waals surface area contributed by atoms with Crippen LogP contribution >= 0.6 is 11.3 Å². The molecular weight excluding hydrogens is 339 g/mol. The van der Waals surface area contributed by atoms with E-state index in [0.717, 1.165) is 48.7 Å². The maximum absolute atomic E-state index is 13.0. The van der Waals surface area contributed by atoms with Gasteiger partial charge in [0, 0.05) is 30.6 Å². The molecule has 3 rings (SSSR count). The highest BCUT2D eigenvalue weighted by atomic mass is 32.1. The van der Waals surface area contributed by atoms with Gasteiger partial charge >= 0.3 is 0 Å². The largest absolute Gasteiger partial charge is 0.355 e. The number of hydrogen-bond acceptors (Lipinski definition) is 5. The summed E-state index contributed by atoms with van der Waals surface area (Å²) < 4.78 is 13.0. The Labute approximate surface area is 151 Å². The molecule has 0 bridgehead atoms. The van der Waals surface area contributed by atoms with E-state index in [2.05, 4.69) is 15.2 Å². The molecule has 1 aliphatic heterocycles. The number of nitrogens with zero attached hydrogens (tertiary/aromatic N) is 2. The lowest BCUT2D eigenvalue weighted by Crippen LogP contribution is -2.43. The van der Waals surface area contributed by atoms with Gasteiger partial charge in [0.25, 0.3) is 0 Å². The number of piperidine rings is 1. The Morgan fingerprint density at radius 3 is 2.96 bits per heavy atom. The van der Waals surface area contributed by atoms with E-state index in [4.69, 9.17) is 5.73 Å². The second kappa shape index (κ2) is 8.51. The van der Waals surface area contributed by atoms with Crippen LogP contribution in [-0.4, -0.2) is 42.0 Å². The number of halogens is 1. The van der Waals surface area contributed by atoms with Crippen molar-refractivity contribution in [1.82, 2.24) is 15.2 Å². The fourth-order valence-corrected chi connectivity index (χ4v) is 3.93. The van der Waals surface area contributed by atoms with E-state index in [1.165, 1.54) is 12.1 Å². The zero-order chi connectivity index (χ0) is 17.6. The van der Waals surface area contributed by atoms with E-state index in [0.29, 0.717) is 13.1 Å². The monoisotopic (exact) mass is 362 g/mol. The molecule has 1 fully saturated rings. The Morgan fingerprint density at radius 2 is 2.20 bits per heavy atom. The number of carbonyl (C=O) groups excluding carboxylic acids is 1. The highest BCUT2D eigenvalue weighted by molar-refractivity contribution is 7.09. The third-order valence-electron chi connectivity index (χ3n) is 4.37. The standard InChI is InChI=1S/C18H23FN4OS/c19-15-5-3-13(4-6-15)16-12-25-17(22-16)11-23-9-1-2-14(10-23)18(24)21-8-7-20/h3-6,12,14H,1-2,7-11,20H2,(H,21,24). The summed E-state index contributed by atoms with van der Waals surface area (Å²) in [6.07, 6.45) is 1.93. The second-order valence-corrected chi connectivity index (χ2v) is 7.23. The Bertz CT molecular complexity index is 703. The van der Waals surface area contributed by atoms with Crippen molar-refractivity contribution in [3.05, 3.63) is 40.5 Å². The summed E-state index contributed by atoms with van der Waals surface area (Å²) in [6, 6.07) is 6.38. The van der Waals surface area contributed by atoms with Crippen LogP contribution in [0, 0.1) is 11.7 Å². The van der Waals surface area contributed by atoms with Crippen molar-refractivity contribution in [3.63, 3.8) is 0 Å². The number of hydrogen-bond donors (Lipinski definition) is 2. The van der Waals surface area contributed by atoms with Gasteiger partial charge in [-0.1, -0.05) is 0 Å². The van der Waals surface area contributed by atoms with Gasteiger partial charge in [0.15, 0.2) is 0 Å². The lowest BCUT2D eigenvalue weighted by atomic mass is 9.97. The fraction of sp³-hybridized carbons (Fsp3) is 0.444. The predicted octanol–water partition coefficient (Wildman–Crippen LogP) is 2.24. The Kier molecular flexibility index (Phi) is 6.12. The van der Waals surface area contributed by atoms with Gasteiger partial charge in [-0.15, -0.1) is 11.3 Å². The molecule has 1 aromatic heterocycles. The first kappa shape index (κ1) is 18.0. The molecule has 2 heterocycles. The number of carbonyl (C=O) groups is 1. The molecule has 1 amide bonds. The average molecular weight is 362 g/mol. The Balaban J connectivity index is 1.59. The third kappa shape index (κ3) is 4.84. The topological polar surface area (TPSA) is 71.2 Å². The van der Waals surface area contributed by atoms with Crippen molar-refractivity contribution in [2.75, 3.05) is 26.2 Å². The van der Waals surface area contributed by atoms with E-state index >= 15 is 0 Å². The minimum Gasteiger partial charge on any atom is -0.355 e. The smallest absolute Gasteiger partial charge is 0.224 e. The molecule has 3 N–H and O–H groups in total. The molecule has 134 valence electrons. The van der Waals surface area contributed by atoms with Gasteiger partial charge in [-0.05, 0) is 43.7 Å². The predicted molar refractivity (Wildman–Crippen MR) is 97.6 cm³/mol. The summed E-state index contributed by atoms with van der Waals surface area (Å²) in [6.45, 7) is 3.47. The number of likely N-dealkylation sites (tertiary alicyclic amines) is 1. The molecule has 1 unspecified atom stereocenters. The molecule has 1 aliphatic rings. The normalized spacial score (nSPS) is 18.2. The first-order chi connectivity index (χ1) is 12.2.